The number of H-pyrrole nitrogens is 1. The van der Waals surface area contributed by atoms with E-state index in [1.54, 1.807) is 0 Å². The molecule has 1 aliphatic heterocycles. The Morgan fingerprint density at radius 1 is 1.08 bits per heavy atom. The Labute approximate surface area is 141 Å². The normalized spacial score (nSPS) is 17.8. The summed E-state index contributed by atoms with van der Waals surface area (Å²) in [6.07, 6.45) is 2.11. The summed E-state index contributed by atoms with van der Waals surface area (Å²) in [6, 6.07) is 20.5. The second kappa shape index (κ2) is 6.40. The Kier molecular flexibility index (Phi) is 3.95. The molecule has 122 valence electrons. The van der Waals surface area contributed by atoms with Crippen LogP contribution >= 0.6 is 0 Å². The number of nitrogens with zero attached hydrogens (tertiary/aromatic N) is 1. The highest BCUT2D eigenvalue weighted by Gasteiger charge is 2.22. The molecule has 4 nitrogen and oxygen atoms in total. The van der Waals surface area contributed by atoms with Gasteiger partial charge in [0.2, 0.25) is 0 Å². The van der Waals surface area contributed by atoms with Crippen LogP contribution in [0.15, 0.2) is 60.7 Å². The molecule has 1 amide bonds. The third-order valence-electron chi connectivity index (χ3n) is 4.65. The van der Waals surface area contributed by atoms with Gasteiger partial charge in [0.15, 0.2) is 0 Å². The number of hydrogen-bond donors (Lipinski definition) is 2. The van der Waals surface area contributed by atoms with Crippen LogP contribution in [0, 0.1) is 0 Å². The number of anilines is 1. The molecule has 1 aliphatic rings. The first-order valence-corrected chi connectivity index (χ1v) is 8.48. The number of aromatic nitrogens is 1. The third-order valence-corrected chi connectivity index (χ3v) is 4.65. The van der Waals surface area contributed by atoms with Crippen molar-refractivity contribution in [2.45, 2.75) is 18.9 Å². The predicted octanol–water partition coefficient (Wildman–Crippen LogP) is 3.57. The van der Waals surface area contributed by atoms with Crippen LogP contribution in [0.1, 0.15) is 23.3 Å². The van der Waals surface area contributed by atoms with E-state index >= 15 is 0 Å². The SMILES string of the molecule is O=C(N[C@H]1CCCN(c2ccccc2)C1)c1cc2ccccc2[nH]1. The fourth-order valence-corrected chi connectivity index (χ4v) is 3.43. The van der Waals surface area contributed by atoms with Gasteiger partial charge >= 0.3 is 0 Å². The van der Waals surface area contributed by atoms with Gasteiger partial charge in [0.05, 0.1) is 0 Å². The number of piperidine rings is 1. The second-order valence-electron chi connectivity index (χ2n) is 6.36. The summed E-state index contributed by atoms with van der Waals surface area (Å²) < 4.78 is 0. The predicted molar refractivity (Wildman–Crippen MR) is 97.4 cm³/mol. The maximum Gasteiger partial charge on any atom is 0.268 e. The van der Waals surface area contributed by atoms with Crippen LogP contribution in [-0.2, 0) is 0 Å². The van der Waals surface area contributed by atoms with Crippen molar-refractivity contribution in [2.75, 3.05) is 18.0 Å². The van der Waals surface area contributed by atoms with E-state index in [1.165, 1.54) is 5.69 Å². The highest BCUT2D eigenvalue weighted by atomic mass is 16.1. The number of carbonyl (C=O) groups excluding carboxylic acids is 1. The standard InChI is InChI=1S/C20H21N3O/c24-20(19-13-15-7-4-5-11-18(15)22-19)21-16-8-6-12-23(14-16)17-9-2-1-3-10-17/h1-5,7,9-11,13,16,22H,6,8,12,14H2,(H,21,24)/t16-/m0/s1. The molecule has 2 N–H and O–H groups in total. The van der Waals surface area contributed by atoms with Gasteiger partial charge in [-0.2, -0.15) is 0 Å². The Morgan fingerprint density at radius 2 is 1.88 bits per heavy atom. The molecule has 2 heterocycles. The first-order chi connectivity index (χ1) is 11.8. The zero-order valence-electron chi connectivity index (χ0n) is 13.5. The van der Waals surface area contributed by atoms with E-state index in [-0.39, 0.29) is 11.9 Å². The number of nitrogens with one attached hydrogen (secondary N) is 2. The number of carbonyl (C=O) groups is 1. The van der Waals surface area contributed by atoms with Crippen molar-refractivity contribution in [2.24, 2.45) is 0 Å². The maximum absolute atomic E-state index is 12.6. The molecule has 4 heteroatoms. The fourth-order valence-electron chi connectivity index (χ4n) is 3.43. The van der Waals surface area contributed by atoms with Gasteiger partial charge < -0.3 is 15.2 Å². The maximum atomic E-state index is 12.6. The summed E-state index contributed by atoms with van der Waals surface area (Å²) in [5.41, 5.74) is 2.85. The van der Waals surface area contributed by atoms with Gasteiger partial charge in [0, 0.05) is 35.7 Å². The van der Waals surface area contributed by atoms with Gasteiger partial charge in [-0.15, -0.1) is 0 Å². The molecular weight excluding hydrogens is 298 g/mol. The first-order valence-electron chi connectivity index (χ1n) is 8.48. The van der Waals surface area contributed by atoms with Crippen LogP contribution in [-0.4, -0.2) is 30.0 Å². The molecular formula is C20H21N3O. The molecule has 0 radical (unpaired) electrons. The van der Waals surface area contributed by atoms with Crippen LogP contribution in [0.5, 0.6) is 0 Å². The summed E-state index contributed by atoms with van der Waals surface area (Å²) in [4.78, 5) is 18.1. The highest BCUT2D eigenvalue weighted by Crippen LogP contribution is 2.20. The molecule has 0 spiro atoms. The second-order valence-corrected chi connectivity index (χ2v) is 6.36. The van der Waals surface area contributed by atoms with Crippen molar-refractivity contribution < 1.29 is 4.79 Å². The molecule has 0 unspecified atom stereocenters. The topological polar surface area (TPSA) is 48.1 Å². The summed E-state index contributed by atoms with van der Waals surface area (Å²) in [5.74, 6) is -0.0221. The summed E-state index contributed by atoms with van der Waals surface area (Å²) >= 11 is 0. The molecule has 0 saturated carbocycles. The lowest BCUT2D eigenvalue weighted by Gasteiger charge is -2.34. The molecule has 1 aromatic heterocycles. The van der Waals surface area contributed by atoms with E-state index in [4.69, 9.17) is 0 Å². The smallest absolute Gasteiger partial charge is 0.268 e. The monoisotopic (exact) mass is 319 g/mol. The molecule has 4 rings (SSSR count). The largest absolute Gasteiger partial charge is 0.369 e. The lowest BCUT2D eigenvalue weighted by atomic mass is 10.0. The van der Waals surface area contributed by atoms with Crippen molar-refractivity contribution in [3.63, 3.8) is 0 Å². The van der Waals surface area contributed by atoms with Gasteiger partial charge in [-0.25, -0.2) is 0 Å². The molecule has 2 aromatic carbocycles. The summed E-state index contributed by atoms with van der Waals surface area (Å²) in [6.45, 7) is 1.90. The van der Waals surface area contributed by atoms with Gasteiger partial charge in [-0.05, 0) is 37.1 Å². The first kappa shape index (κ1) is 14.8. The average molecular weight is 319 g/mol. The van der Waals surface area contributed by atoms with Crippen molar-refractivity contribution in [3.05, 3.63) is 66.4 Å². The van der Waals surface area contributed by atoms with Crippen LogP contribution in [0.4, 0.5) is 5.69 Å². The van der Waals surface area contributed by atoms with E-state index in [2.05, 4.69) is 39.5 Å². The van der Waals surface area contributed by atoms with E-state index < -0.39 is 0 Å². The van der Waals surface area contributed by atoms with Crippen LogP contribution in [0.3, 0.4) is 0 Å². The van der Waals surface area contributed by atoms with E-state index in [0.717, 1.165) is 36.8 Å². The number of rotatable bonds is 3. The quantitative estimate of drug-likeness (QED) is 0.775. The minimum atomic E-state index is -0.0221. The lowest BCUT2D eigenvalue weighted by molar-refractivity contribution is 0.0929. The minimum absolute atomic E-state index is 0.0221. The van der Waals surface area contributed by atoms with Crippen LogP contribution in [0.25, 0.3) is 10.9 Å². The molecule has 0 aliphatic carbocycles. The minimum Gasteiger partial charge on any atom is -0.369 e. The Balaban J connectivity index is 1.45. The van der Waals surface area contributed by atoms with Crippen LogP contribution < -0.4 is 10.2 Å². The Hall–Kier alpha value is -2.75. The van der Waals surface area contributed by atoms with Crippen molar-refractivity contribution in [1.82, 2.24) is 10.3 Å². The van der Waals surface area contributed by atoms with Crippen molar-refractivity contribution in [1.29, 1.82) is 0 Å². The molecule has 24 heavy (non-hydrogen) atoms. The van der Waals surface area contributed by atoms with E-state index in [0.29, 0.717) is 5.69 Å². The summed E-state index contributed by atoms with van der Waals surface area (Å²) in [5, 5.41) is 4.25. The van der Waals surface area contributed by atoms with E-state index in [1.807, 2.05) is 36.4 Å². The van der Waals surface area contributed by atoms with Gasteiger partial charge in [0.1, 0.15) is 5.69 Å². The zero-order valence-corrected chi connectivity index (χ0v) is 13.5. The van der Waals surface area contributed by atoms with Gasteiger partial charge in [-0.3, -0.25) is 4.79 Å². The number of hydrogen-bond acceptors (Lipinski definition) is 2. The number of amides is 1. The van der Waals surface area contributed by atoms with E-state index in [9.17, 15) is 4.79 Å². The highest BCUT2D eigenvalue weighted by molar-refractivity contribution is 5.98. The Morgan fingerprint density at radius 3 is 2.71 bits per heavy atom. The Bertz CT molecular complexity index is 807. The molecule has 1 fully saturated rings. The number of aromatic amines is 1. The zero-order chi connectivity index (χ0) is 16.4. The molecule has 0 bridgehead atoms. The van der Waals surface area contributed by atoms with Crippen molar-refractivity contribution >= 4 is 22.5 Å². The number of para-hydroxylation sites is 2. The fraction of sp³-hybridized carbons (Fsp3) is 0.250. The molecule has 1 saturated heterocycles. The van der Waals surface area contributed by atoms with Crippen molar-refractivity contribution in [3.8, 4) is 0 Å². The average Bonchev–Trinajstić information content (AvgIpc) is 3.07. The van der Waals surface area contributed by atoms with Gasteiger partial charge in [-0.1, -0.05) is 36.4 Å². The van der Waals surface area contributed by atoms with Gasteiger partial charge in [0.25, 0.3) is 5.91 Å². The summed E-state index contributed by atoms with van der Waals surface area (Å²) in [7, 11) is 0. The molecule has 1 atom stereocenters. The third kappa shape index (κ3) is 3.00. The molecule has 3 aromatic rings. The lowest BCUT2D eigenvalue weighted by Crippen LogP contribution is -2.47. The van der Waals surface area contributed by atoms with Crippen LogP contribution in [0.2, 0.25) is 0 Å². The number of benzene rings is 2. The number of fused-ring (bicyclic) bond motifs is 1.